The Labute approximate surface area is 123 Å². The number of carbonyl (C=O) groups excluding carboxylic acids is 2. The fraction of sp³-hybridized carbons (Fsp3) is 0.467. The molecule has 6 heteroatoms. The van der Waals surface area contributed by atoms with E-state index in [0.717, 1.165) is 0 Å². The van der Waals surface area contributed by atoms with E-state index in [1.54, 1.807) is 11.8 Å². The summed E-state index contributed by atoms with van der Waals surface area (Å²) < 4.78 is 17.7. The van der Waals surface area contributed by atoms with Crippen LogP contribution in [0.2, 0.25) is 0 Å². The Bertz CT molecular complexity index is 540. The van der Waals surface area contributed by atoms with Crippen LogP contribution in [-0.2, 0) is 9.53 Å². The lowest BCUT2D eigenvalue weighted by atomic mass is 10.1. The van der Waals surface area contributed by atoms with E-state index in [1.807, 2.05) is 4.90 Å². The summed E-state index contributed by atoms with van der Waals surface area (Å²) in [5, 5.41) is 0. The highest BCUT2D eigenvalue weighted by Gasteiger charge is 2.24. The van der Waals surface area contributed by atoms with Gasteiger partial charge in [-0.1, -0.05) is 0 Å². The van der Waals surface area contributed by atoms with Crippen LogP contribution in [0.5, 0.6) is 0 Å². The SMILES string of the molecule is COC(=O)CN1CCN(C(=O)c2ccc(F)cc2C)CC1. The third-order valence-electron chi connectivity index (χ3n) is 3.66. The van der Waals surface area contributed by atoms with Crippen LogP contribution in [0, 0.1) is 12.7 Å². The molecule has 0 unspecified atom stereocenters. The number of rotatable bonds is 3. The Morgan fingerprint density at radius 3 is 2.48 bits per heavy atom. The van der Waals surface area contributed by atoms with Gasteiger partial charge in [-0.3, -0.25) is 14.5 Å². The average Bonchev–Trinajstić information content (AvgIpc) is 2.47. The van der Waals surface area contributed by atoms with Crippen LogP contribution in [0.15, 0.2) is 18.2 Å². The minimum atomic E-state index is -0.341. The van der Waals surface area contributed by atoms with Crippen molar-refractivity contribution in [2.24, 2.45) is 0 Å². The maximum absolute atomic E-state index is 13.1. The number of halogens is 1. The number of amides is 1. The summed E-state index contributed by atoms with van der Waals surface area (Å²) in [7, 11) is 1.36. The molecular formula is C15H19FN2O3. The molecule has 0 aromatic heterocycles. The first kappa shape index (κ1) is 15.4. The Morgan fingerprint density at radius 1 is 1.24 bits per heavy atom. The fourth-order valence-corrected chi connectivity index (χ4v) is 2.39. The molecule has 1 fully saturated rings. The van der Waals surface area contributed by atoms with E-state index in [2.05, 4.69) is 4.74 Å². The Kier molecular flexibility index (Phi) is 4.90. The monoisotopic (exact) mass is 294 g/mol. The molecule has 0 spiro atoms. The van der Waals surface area contributed by atoms with E-state index in [4.69, 9.17) is 0 Å². The summed E-state index contributed by atoms with van der Waals surface area (Å²) in [4.78, 5) is 27.3. The van der Waals surface area contributed by atoms with E-state index in [-0.39, 0.29) is 24.2 Å². The molecule has 1 aromatic carbocycles. The smallest absolute Gasteiger partial charge is 0.319 e. The van der Waals surface area contributed by atoms with Crippen LogP contribution in [-0.4, -0.2) is 61.5 Å². The third kappa shape index (κ3) is 3.78. The number of nitrogens with zero attached hydrogens (tertiary/aromatic N) is 2. The second-order valence-electron chi connectivity index (χ2n) is 5.10. The fourth-order valence-electron chi connectivity index (χ4n) is 2.39. The third-order valence-corrected chi connectivity index (χ3v) is 3.66. The molecule has 2 rings (SSSR count). The first-order valence-corrected chi connectivity index (χ1v) is 6.86. The van der Waals surface area contributed by atoms with Gasteiger partial charge < -0.3 is 9.64 Å². The van der Waals surface area contributed by atoms with Crippen LogP contribution < -0.4 is 0 Å². The summed E-state index contributed by atoms with van der Waals surface area (Å²) in [5.74, 6) is -0.707. The number of methoxy groups -OCH3 is 1. The molecule has 0 aliphatic carbocycles. The maximum Gasteiger partial charge on any atom is 0.319 e. The van der Waals surface area contributed by atoms with Gasteiger partial charge in [-0.25, -0.2) is 4.39 Å². The van der Waals surface area contributed by atoms with Crippen LogP contribution in [0.25, 0.3) is 0 Å². The largest absolute Gasteiger partial charge is 0.468 e. The number of carbonyl (C=O) groups is 2. The van der Waals surface area contributed by atoms with Crippen molar-refractivity contribution in [2.45, 2.75) is 6.92 Å². The van der Waals surface area contributed by atoms with Crippen molar-refractivity contribution in [1.82, 2.24) is 9.80 Å². The molecule has 0 radical (unpaired) electrons. The first-order valence-electron chi connectivity index (χ1n) is 6.86. The lowest BCUT2D eigenvalue weighted by Gasteiger charge is -2.34. The molecule has 0 atom stereocenters. The van der Waals surface area contributed by atoms with E-state index >= 15 is 0 Å². The molecule has 1 amide bonds. The minimum absolute atomic E-state index is 0.0924. The Balaban J connectivity index is 1.95. The molecule has 0 N–H and O–H groups in total. The van der Waals surface area contributed by atoms with Gasteiger partial charge in [0.15, 0.2) is 0 Å². The van der Waals surface area contributed by atoms with Crippen molar-refractivity contribution in [3.05, 3.63) is 35.1 Å². The topological polar surface area (TPSA) is 49.9 Å². The highest BCUT2D eigenvalue weighted by atomic mass is 19.1. The molecule has 0 bridgehead atoms. The zero-order valence-corrected chi connectivity index (χ0v) is 12.3. The molecule has 5 nitrogen and oxygen atoms in total. The lowest BCUT2D eigenvalue weighted by molar-refractivity contribution is -0.142. The number of hydrogen-bond acceptors (Lipinski definition) is 4. The summed E-state index contributed by atoms with van der Waals surface area (Å²) >= 11 is 0. The van der Waals surface area contributed by atoms with Gasteiger partial charge in [0.1, 0.15) is 5.82 Å². The van der Waals surface area contributed by atoms with Gasteiger partial charge in [-0.2, -0.15) is 0 Å². The highest BCUT2D eigenvalue weighted by molar-refractivity contribution is 5.95. The summed E-state index contributed by atoms with van der Waals surface area (Å²) in [5.41, 5.74) is 1.16. The van der Waals surface area contributed by atoms with E-state index in [1.165, 1.54) is 25.3 Å². The van der Waals surface area contributed by atoms with E-state index < -0.39 is 0 Å². The van der Waals surface area contributed by atoms with Crippen molar-refractivity contribution in [3.63, 3.8) is 0 Å². The zero-order chi connectivity index (χ0) is 15.4. The zero-order valence-electron chi connectivity index (χ0n) is 12.3. The first-order chi connectivity index (χ1) is 10.0. The molecule has 0 saturated carbocycles. The quantitative estimate of drug-likeness (QED) is 0.782. The molecule has 21 heavy (non-hydrogen) atoms. The Hall–Kier alpha value is -1.95. The van der Waals surface area contributed by atoms with Crippen LogP contribution in [0.1, 0.15) is 15.9 Å². The standard InChI is InChI=1S/C15H19FN2O3/c1-11-9-12(16)3-4-13(11)15(20)18-7-5-17(6-8-18)10-14(19)21-2/h3-4,9H,5-8,10H2,1-2H3. The predicted octanol–water partition coefficient (Wildman–Crippen LogP) is 1.06. The van der Waals surface area contributed by atoms with Crippen LogP contribution >= 0.6 is 0 Å². The van der Waals surface area contributed by atoms with E-state index in [9.17, 15) is 14.0 Å². The maximum atomic E-state index is 13.1. The summed E-state index contributed by atoms with van der Waals surface area (Å²) in [6, 6.07) is 4.18. The van der Waals surface area contributed by atoms with Gasteiger partial charge in [-0.15, -0.1) is 0 Å². The lowest BCUT2D eigenvalue weighted by Crippen LogP contribution is -2.50. The Morgan fingerprint density at radius 2 is 1.90 bits per heavy atom. The second-order valence-corrected chi connectivity index (χ2v) is 5.10. The number of benzene rings is 1. The van der Waals surface area contributed by atoms with Gasteiger partial charge in [-0.05, 0) is 30.7 Å². The van der Waals surface area contributed by atoms with Crippen molar-refractivity contribution >= 4 is 11.9 Å². The van der Waals surface area contributed by atoms with Crippen molar-refractivity contribution in [2.75, 3.05) is 39.8 Å². The van der Waals surface area contributed by atoms with Gasteiger partial charge in [0.25, 0.3) is 5.91 Å². The van der Waals surface area contributed by atoms with Gasteiger partial charge in [0.05, 0.1) is 13.7 Å². The number of hydrogen-bond donors (Lipinski definition) is 0. The highest BCUT2D eigenvalue weighted by Crippen LogP contribution is 2.14. The van der Waals surface area contributed by atoms with Crippen molar-refractivity contribution in [3.8, 4) is 0 Å². The number of aryl methyl sites for hydroxylation is 1. The van der Waals surface area contributed by atoms with Crippen LogP contribution in [0.4, 0.5) is 4.39 Å². The van der Waals surface area contributed by atoms with Crippen molar-refractivity contribution in [1.29, 1.82) is 0 Å². The molecule has 1 heterocycles. The molecule has 1 aromatic rings. The predicted molar refractivity (Wildman–Crippen MR) is 75.5 cm³/mol. The summed E-state index contributed by atoms with van der Waals surface area (Å²) in [6.07, 6.45) is 0. The van der Waals surface area contributed by atoms with Gasteiger partial charge in [0, 0.05) is 31.7 Å². The molecule has 114 valence electrons. The minimum Gasteiger partial charge on any atom is -0.468 e. The average molecular weight is 294 g/mol. The molecular weight excluding hydrogens is 275 g/mol. The second kappa shape index (κ2) is 6.67. The normalized spacial score (nSPS) is 15.9. The van der Waals surface area contributed by atoms with Crippen LogP contribution in [0.3, 0.4) is 0 Å². The van der Waals surface area contributed by atoms with Crippen molar-refractivity contribution < 1.29 is 18.7 Å². The number of esters is 1. The van der Waals surface area contributed by atoms with E-state index in [0.29, 0.717) is 37.3 Å². The molecule has 1 aliphatic heterocycles. The summed E-state index contributed by atoms with van der Waals surface area (Å²) in [6.45, 7) is 4.32. The van der Waals surface area contributed by atoms with Gasteiger partial charge in [0.2, 0.25) is 0 Å². The molecule has 1 aliphatic rings. The van der Waals surface area contributed by atoms with Gasteiger partial charge >= 0.3 is 5.97 Å². The number of piperazine rings is 1. The molecule has 1 saturated heterocycles. The number of ether oxygens (including phenoxy) is 1.